The molecule has 3 aromatic heterocycles. The largest absolute Gasteiger partial charge is 0.497 e. The predicted octanol–water partition coefficient (Wildman–Crippen LogP) is 3.62. The summed E-state index contributed by atoms with van der Waals surface area (Å²) in [5.74, 6) is 1.64. The maximum Gasteiger partial charge on any atom is 0.258 e. The Hall–Kier alpha value is -3.88. The molecule has 0 spiro atoms. The highest BCUT2D eigenvalue weighted by Crippen LogP contribution is 2.24. The van der Waals surface area contributed by atoms with Crippen molar-refractivity contribution in [2.45, 2.75) is 26.7 Å². The van der Waals surface area contributed by atoms with Crippen LogP contribution in [-0.2, 0) is 12.8 Å². The molecule has 4 aromatic rings. The monoisotopic (exact) mass is 421 g/mol. The standard InChI is InChI=1S/C22H23N5O4/c1-12-7-18(20-13(2)27-31-22(20)23-12)21(28)24-19-10-15(25-26-19)6-5-14-8-16(29-3)11-17(9-14)30-4/h7-11H,5-6H2,1-4H3,(H2,24,25,26,28). The van der Waals surface area contributed by atoms with Gasteiger partial charge in [-0.05, 0) is 50.5 Å². The summed E-state index contributed by atoms with van der Waals surface area (Å²) in [6.45, 7) is 3.58. The van der Waals surface area contributed by atoms with Crippen LogP contribution >= 0.6 is 0 Å². The van der Waals surface area contributed by atoms with Gasteiger partial charge in [-0.2, -0.15) is 5.10 Å². The lowest BCUT2D eigenvalue weighted by Gasteiger charge is -2.08. The Morgan fingerprint density at radius 3 is 2.52 bits per heavy atom. The van der Waals surface area contributed by atoms with Crippen LogP contribution in [0, 0.1) is 13.8 Å². The topological polar surface area (TPSA) is 115 Å². The molecule has 0 saturated carbocycles. The summed E-state index contributed by atoms with van der Waals surface area (Å²) in [5, 5.41) is 14.5. The first-order valence-corrected chi connectivity index (χ1v) is 9.78. The number of aryl methyl sites for hydroxylation is 4. The molecular weight excluding hydrogens is 398 g/mol. The summed E-state index contributed by atoms with van der Waals surface area (Å²) in [4.78, 5) is 17.1. The zero-order valence-corrected chi connectivity index (χ0v) is 17.8. The lowest BCUT2D eigenvalue weighted by Crippen LogP contribution is -2.13. The van der Waals surface area contributed by atoms with Crippen molar-refractivity contribution in [1.29, 1.82) is 0 Å². The van der Waals surface area contributed by atoms with Crippen LogP contribution in [-0.4, -0.2) is 40.5 Å². The van der Waals surface area contributed by atoms with Crippen LogP contribution in [0.4, 0.5) is 5.82 Å². The van der Waals surface area contributed by atoms with E-state index in [1.807, 2.05) is 24.3 Å². The molecular formula is C22H23N5O4. The number of nitrogens with zero attached hydrogens (tertiary/aromatic N) is 3. The molecule has 2 N–H and O–H groups in total. The molecule has 3 heterocycles. The van der Waals surface area contributed by atoms with Gasteiger partial charge in [0.1, 0.15) is 11.5 Å². The van der Waals surface area contributed by atoms with E-state index in [-0.39, 0.29) is 5.91 Å². The molecule has 1 aromatic carbocycles. The lowest BCUT2D eigenvalue weighted by atomic mass is 10.1. The smallest absolute Gasteiger partial charge is 0.258 e. The third kappa shape index (κ3) is 4.35. The normalized spacial score (nSPS) is 11.0. The molecule has 0 aliphatic rings. The van der Waals surface area contributed by atoms with Crippen molar-refractivity contribution in [3.8, 4) is 11.5 Å². The number of aromatic nitrogens is 4. The summed E-state index contributed by atoms with van der Waals surface area (Å²) in [6, 6.07) is 9.31. The van der Waals surface area contributed by atoms with Gasteiger partial charge in [-0.25, -0.2) is 4.98 Å². The fourth-order valence-electron chi connectivity index (χ4n) is 3.42. The number of rotatable bonds is 7. The number of H-pyrrole nitrogens is 1. The lowest BCUT2D eigenvalue weighted by molar-refractivity contribution is 0.102. The van der Waals surface area contributed by atoms with Crippen molar-refractivity contribution in [3.05, 3.63) is 58.5 Å². The maximum atomic E-state index is 12.9. The van der Waals surface area contributed by atoms with E-state index in [1.54, 1.807) is 34.1 Å². The minimum atomic E-state index is -0.294. The number of methoxy groups -OCH3 is 2. The number of anilines is 1. The average Bonchev–Trinajstić information content (AvgIpc) is 3.37. The number of ether oxygens (including phenoxy) is 2. The highest BCUT2D eigenvalue weighted by atomic mass is 16.5. The van der Waals surface area contributed by atoms with E-state index in [2.05, 4.69) is 25.7 Å². The van der Waals surface area contributed by atoms with Gasteiger partial charge in [-0.3, -0.25) is 9.89 Å². The van der Waals surface area contributed by atoms with Crippen LogP contribution in [0.2, 0.25) is 0 Å². The van der Waals surface area contributed by atoms with Gasteiger partial charge in [0.2, 0.25) is 0 Å². The number of benzene rings is 1. The van der Waals surface area contributed by atoms with E-state index in [1.165, 1.54) is 0 Å². The molecule has 0 atom stereocenters. The summed E-state index contributed by atoms with van der Waals surface area (Å²) >= 11 is 0. The SMILES string of the molecule is COc1cc(CCc2cc(NC(=O)c3cc(C)nc4onc(C)c34)n[nH]2)cc(OC)c1. The minimum absolute atomic E-state index is 0.294. The fourth-order valence-corrected chi connectivity index (χ4v) is 3.42. The molecule has 0 radical (unpaired) electrons. The summed E-state index contributed by atoms with van der Waals surface area (Å²) < 4.78 is 15.8. The van der Waals surface area contributed by atoms with Crippen LogP contribution < -0.4 is 14.8 Å². The Morgan fingerprint density at radius 2 is 1.81 bits per heavy atom. The van der Waals surface area contributed by atoms with E-state index in [9.17, 15) is 4.79 Å². The van der Waals surface area contributed by atoms with Gasteiger partial charge in [0.25, 0.3) is 11.6 Å². The highest BCUT2D eigenvalue weighted by Gasteiger charge is 2.18. The van der Waals surface area contributed by atoms with Gasteiger partial charge in [0.05, 0.1) is 30.9 Å². The third-order valence-corrected chi connectivity index (χ3v) is 4.96. The van der Waals surface area contributed by atoms with Crippen molar-refractivity contribution in [2.75, 3.05) is 19.5 Å². The third-order valence-electron chi connectivity index (χ3n) is 4.96. The van der Waals surface area contributed by atoms with Crippen molar-refractivity contribution in [1.82, 2.24) is 20.3 Å². The minimum Gasteiger partial charge on any atom is -0.497 e. The number of hydrogen-bond donors (Lipinski definition) is 2. The molecule has 31 heavy (non-hydrogen) atoms. The van der Waals surface area contributed by atoms with Gasteiger partial charge in [0, 0.05) is 23.5 Å². The van der Waals surface area contributed by atoms with Crippen LogP contribution in [0.5, 0.6) is 11.5 Å². The Balaban J connectivity index is 1.46. The molecule has 0 aliphatic heterocycles. The molecule has 0 fully saturated rings. The molecule has 0 unspecified atom stereocenters. The van der Waals surface area contributed by atoms with E-state index >= 15 is 0 Å². The van der Waals surface area contributed by atoms with Crippen LogP contribution in [0.3, 0.4) is 0 Å². The number of aromatic amines is 1. The first-order chi connectivity index (χ1) is 15.0. The Morgan fingerprint density at radius 1 is 1.06 bits per heavy atom. The number of hydrogen-bond acceptors (Lipinski definition) is 7. The van der Waals surface area contributed by atoms with Crippen LogP contribution in [0.15, 0.2) is 34.9 Å². The fraction of sp³-hybridized carbons (Fsp3) is 0.273. The number of nitrogens with one attached hydrogen (secondary N) is 2. The molecule has 0 aliphatic carbocycles. The number of amides is 1. The van der Waals surface area contributed by atoms with Crippen LogP contribution in [0.1, 0.15) is 33.0 Å². The molecule has 160 valence electrons. The zero-order chi connectivity index (χ0) is 22.0. The molecule has 0 saturated heterocycles. The Bertz CT molecular complexity index is 1220. The summed E-state index contributed by atoms with van der Waals surface area (Å²) in [6.07, 6.45) is 1.47. The zero-order valence-electron chi connectivity index (χ0n) is 17.8. The van der Waals surface area contributed by atoms with E-state index < -0.39 is 0 Å². The maximum absolute atomic E-state index is 12.9. The molecule has 9 heteroatoms. The second-order valence-electron chi connectivity index (χ2n) is 7.21. The number of pyridine rings is 1. The first kappa shape index (κ1) is 20.4. The van der Waals surface area contributed by atoms with Crippen molar-refractivity contribution >= 4 is 22.8 Å². The molecule has 9 nitrogen and oxygen atoms in total. The van der Waals surface area contributed by atoms with Gasteiger partial charge < -0.3 is 19.3 Å². The molecule has 0 bridgehead atoms. The van der Waals surface area contributed by atoms with Gasteiger partial charge in [-0.15, -0.1) is 0 Å². The van der Waals surface area contributed by atoms with Gasteiger partial charge in [-0.1, -0.05) is 5.16 Å². The Labute approximate surface area is 178 Å². The van der Waals surface area contributed by atoms with Crippen molar-refractivity contribution in [3.63, 3.8) is 0 Å². The van der Waals surface area contributed by atoms with E-state index in [0.717, 1.165) is 29.2 Å². The summed E-state index contributed by atoms with van der Waals surface area (Å²) in [5.41, 5.74) is 4.06. The molecule has 1 amide bonds. The van der Waals surface area contributed by atoms with E-state index in [0.29, 0.717) is 40.3 Å². The second kappa shape index (κ2) is 8.47. The number of carbonyl (C=O) groups excluding carboxylic acids is 1. The molecule has 4 rings (SSSR count). The second-order valence-corrected chi connectivity index (χ2v) is 7.21. The highest BCUT2D eigenvalue weighted by molar-refractivity contribution is 6.12. The quantitative estimate of drug-likeness (QED) is 0.468. The van der Waals surface area contributed by atoms with E-state index in [4.69, 9.17) is 14.0 Å². The predicted molar refractivity (Wildman–Crippen MR) is 115 cm³/mol. The van der Waals surface area contributed by atoms with Gasteiger partial charge >= 0.3 is 0 Å². The van der Waals surface area contributed by atoms with Crippen molar-refractivity contribution < 1.29 is 18.8 Å². The summed E-state index contributed by atoms with van der Waals surface area (Å²) in [7, 11) is 3.25. The van der Waals surface area contributed by atoms with Gasteiger partial charge in [0.15, 0.2) is 5.82 Å². The number of carbonyl (C=O) groups is 1. The van der Waals surface area contributed by atoms with Crippen molar-refractivity contribution in [2.24, 2.45) is 0 Å². The first-order valence-electron chi connectivity index (χ1n) is 9.78. The Kier molecular flexibility index (Phi) is 5.57. The average molecular weight is 421 g/mol. The van der Waals surface area contributed by atoms with Crippen LogP contribution in [0.25, 0.3) is 11.1 Å². The number of fused-ring (bicyclic) bond motifs is 1.